The molecule has 0 aliphatic heterocycles. The summed E-state index contributed by atoms with van der Waals surface area (Å²) in [5, 5.41) is 7.33. The Morgan fingerprint density at radius 3 is 3.00 bits per heavy atom. The summed E-state index contributed by atoms with van der Waals surface area (Å²) in [5.74, 6) is 0.702. The average Bonchev–Trinajstić information content (AvgIpc) is 2.98. The summed E-state index contributed by atoms with van der Waals surface area (Å²) in [7, 11) is 1.94. The number of benzene rings is 1. The predicted octanol–water partition coefficient (Wildman–Crippen LogP) is 2.01. The highest BCUT2D eigenvalue weighted by Gasteiger charge is 2.24. The van der Waals surface area contributed by atoms with Gasteiger partial charge in [0.05, 0.1) is 18.8 Å². The SMILES string of the molecule is Cn1ncc2c1CCC[C@@H]2NC(=O)COCCOc1ccccc1. The first-order chi connectivity index (χ1) is 11.7. The van der Waals surface area contributed by atoms with E-state index in [-0.39, 0.29) is 18.6 Å². The van der Waals surface area contributed by atoms with E-state index in [9.17, 15) is 4.79 Å². The number of hydrogen-bond donors (Lipinski definition) is 1. The van der Waals surface area contributed by atoms with Crippen LogP contribution in [-0.2, 0) is 23.0 Å². The zero-order chi connectivity index (χ0) is 16.8. The van der Waals surface area contributed by atoms with Gasteiger partial charge >= 0.3 is 0 Å². The summed E-state index contributed by atoms with van der Waals surface area (Å²) < 4.78 is 12.8. The maximum absolute atomic E-state index is 12.1. The molecule has 1 aromatic carbocycles. The molecule has 2 aromatic rings. The standard InChI is InChI=1S/C18H23N3O3/c1-21-17-9-5-8-16(15(17)12-19-21)20-18(22)13-23-10-11-24-14-6-3-2-4-7-14/h2-4,6-7,12,16H,5,8-11,13H2,1H3,(H,20,22)/t16-/m0/s1. The molecule has 0 spiro atoms. The van der Waals surface area contributed by atoms with Gasteiger partial charge in [0.15, 0.2) is 0 Å². The van der Waals surface area contributed by atoms with Crippen LogP contribution < -0.4 is 10.1 Å². The summed E-state index contributed by atoms with van der Waals surface area (Å²) in [6.45, 7) is 0.850. The molecule has 1 aliphatic rings. The number of nitrogens with zero attached hydrogens (tertiary/aromatic N) is 2. The minimum Gasteiger partial charge on any atom is -0.491 e. The van der Waals surface area contributed by atoms with Crippen LogP contribution in [0, 0.1) is 0 Å². The summed E-state index contributed by atoms with van der Waals surface area (Å²) in [4.78, 5) is 12.1. The molecule has 24 heavy (non-hydrogen) atoms. The van der Waals surface area contributed by atoms with E-state index < -0.39 is 0 Å². The van der Waals surface area contributed by atoms with Gasteiger partial charge in [-0.05, 0) is 31.4 Å². The van der Waals surface area contributed by atoms with Crippen LogP contribution in [0.3, 0.4) is 0 Å². The molecule has 0 unspecified atom stereocenters. The zero-order valence-corrected chi connectivity index (χ0v) is 13.9. The van der Waals surface area contributed by atoms with Crippen molar-refractivity contribution < 1.29 is 14.3 Å². The molecule has 1 aliphatic carbocycles. The topological polar surface area (TPSA) is 65.4 Å². The Bertz CT molecular complexity index is 669. The number of ether oxygens (including phenoxy) is 2. The van der Waals surface area contributed by atoms with Crippen LogP contribution in [0.1, 0.15) is 30.1 Å². The van der Waals surface area contributed by atoms with E-state index in [1.54, 1.807) is 0 Å². The summed E-state index contributed by atoms with van der Waals surface area (Å²) in [6, 6.07) is 9.59. The van der Waals surface area contributed by atoms with Crippen molar-refractivity contribution in [2.45, 2.75) is 25.3 Å². The lowest BCUT2D eigenvalue weighted by molar-refractivity contribution is -0.126. The van der Waals surface area contributed by atoms with Gasteiger partial charge in [-0.3, -0.25) is 9.48 Å². The van der Waals surface area contributed by atoms with Gasteiger partial charge in [-0.25, -0.2) is 0 Å². The van der Waals surface area contributed by atoms with Crippen molar-refractivity contribution >= 4 is 5.91 Å². The van der Waals surface area contributed by atoms with Crippen molar-refractivity contribution in [3.8, 4) is 5.75 Å². The molecular weight excluding hydrogens is 306 g/mol. The van der Waals surface area contributed by atoms with Crippen molar-refractivity contribution in [2.75, 3.05) is 19.8 Å². The fourth-order valence-electron chi connectivity index (χ4n) is 2.99. The Kier molecular flexibility index (Phi) is 5.48. The van der Waals surface area contributed by atoms with Gasteiger partial charge in [-0.15, -0.1) is 0 Å². The van der Waals surface area contributed by atoms with Gasteiger partial charge in [0, 0.05) is 18.3 Å². The molecule has 3 rings (SSSR count). The monoisotopic (exact) mass is 329 g/mol. The van der Waals surface area contributed by atoms with Crippen LogP contribution in [-0.4, -0.2) is 35.5 Å². The van der Waals surface area contributed by atoms with Crippen molar-refractivity contribution in [1.82, 2.24) is 15.1 Å². The highest BCUT2D eigenvalue weighted by Crippen LogP contribution is 2.28. The van der Waals surface area contributed by atoms with Crippen molar-refractivity contribution in [1.29, 1.82) is 0 Å². The lowest BCUT2D eigenvalue weighted by atomic mass is 9.93. The Hall–Kier alpha value is -2.34. The van der Waals surface area contributed by atoms with Crippen LogP contribution in [0.4, 0.5) is 0 Å². The fraction of sp³-hybridized carbons (Fsp3) is 0.444. The number of amides is 1. The van der Waals surface area contributed by atoms with Crippen LogP contribution in [0.15, 0.2) is 36.5 Å². The van der Waals surface area contributed by atoms with E-state index in [0.29, 0.717) is 13.2 Å². The lowest BCUT2D eigenvalue weighted by Gasteiger charge is -2.23. The highest BCUT2D eigenvalue weighted by atomic mass is 16.5. The predicted molar refractivity (Wildman–Crippen MR) is 89.8 cm³/mol. The molecule has 1 aromatic heterocycles. The molecule has 0 bridgehead atoms. The van der Waals surface area contributed by atoms with Gasteiger partial charge in [-0.2, -0.15) is 5.10 Å². The first-order valence-corrected chi connectivity index (χ1v) is 8.30. The van der Waals surface area contributed by atoms with Gasteiger partial charge in [-0.1, -0.05) is 18.2 Å². The quantitative estimate of drug-likeness (QED) is 0.789. The second-order valence-corrected chi connectivity index (χ2v) is 5.90. The third kappa shape index (κ3) is 4.14. The van der Waals surface area contributed by atoms with E-state index in [4.69, 9.17) is 9.47 Å². The van der Waals surface area contributed by atoms with Gasteiger partial charge in [0.1, 0.15) is 19.0 Å². The molecular formula is C18H23N3O3. The maximum Gasteiger partial charge on any atom is 0.246 e. The molecule has 1 amide bonds. The Balaban J connectivity index is 1.37. The Labute approximate surface area is 141 Å². The second-order valence-electron chi connectivity index (χ2n) is 5.90. The average molecular weight is 329 g/mol. The summed E-state index contributed by atoms with van der Waals surface area (Å²) in [6.07, 6.45) is 4.88. The Morgan fingerprint density at radius 1 is 1.33 bits per heavy atom. The normalized spacial score (nSPS) is 16.5. The van der Waals surface area contributed by atoms with Crippen LogP contribution in [0.25, 0.3) is 0 Å². The third-order valence-corrected chi connectivity index (χ3v) is 4.18. The van der Waals surface area contributed by atoms with Crippen LogP contribution >= 0.6 is 0 Å². The molecule has 1 N–H and O–H groups in total. The molecule has 6 nitrogen and oxygen atoms in total. The molecule has 1 heterocycles. The van der Waals surface area contributed by atoms with E-state index in [1.807, 2.05) is 48.3 Å². The third-order valence-electron chi connectivity index (χ3n) is 4.18. The first-order valence-electron chi connectivity index (χ1n) is 8.30. The molecule has 1 atom stereocenters. The number of para-hydroxylation sites is 1. The number of nitrogens with one attached hydrogen (secondary N) is 1. The number of aromatic nitrogens is 2. The van der Waals surface area contributed by atoms with E-state index in [1.165, 1.54) is 5.69 Å². The number of hydrogen-bond acceptors (Lipinski definition) is 4. The van der Waals surface area contributed by atoms with Crippen molar-refractivity contribution in [2.24, 2.45) is 7.05 Å². The van der Waals surface area contributed by atoms with Crippen molar-refractivity contribution in [3.63, 3.8) is 0 Å². The van der Waals surface area contributed by atoms with Gasteiger partial charge in [0.25, 0.3) is 0 Å². The van der Waals surface area contributed by atoms with Crippen LogP contribution in [0.2, 0.25) is 0 Å². The van der Waals surface area contributed by atoms with Crippen molar-refractivity contribution in [3.05, 3.63) is 47.8 Å². The number of fused-ring (bicyclic) bond motifs is 1. The van der Waals surface area contributed by atoms with E-state index in [0.717, 1.165) is 30.6 Å². The number of rotatable bonds is 7. The molecule has 0 radical (unpaired) electrons. The van der Waals surface area contributed by atoms with Crippen LogP contribution in [0.5, 0.6) is 5.75 Å². The number of carbonyl (C=O) groups is 1. The smallest absolute Gasteiger partial charge is 0.246 e. The molecule has 0 saturated carbocycles. The zero-order valence-electron chi connectivity index (χ0n) is 13.9. The molecule has 6 heteroatoms. The van der Waals surface area contributed by atoms with Gasteiger partial charge < -0.3 is 14.8 Å². The van der Waals surface area contributed by atoms with E-state index >= 15 is 0 Å². The second kappa shape index (κ2) is 7.97. The molecule has 0 fully saturated rings. The number of aryl methyl sites for hydroxylation is 1. The minimum absolute atomic E-state index is 0.0409. The first kappa shape index (κ1) is 16.5. The highest BCUT2D eigenvalue weighted by molar-refractivity contribution is 5.77. The summed E-state index contributed by atoms with van der Waals surface area (Å²) >= 11 is 0. The molecule has 128 valence electrons. The minimum atomic E-state index is -0.101. The van der Waals surface area contributed by atoms with Gasteiger partial charge in [0.2, 0.25) is 5.91 Å². The summed E-state index contributed by atoms with van der Waals surface area (Å²) in [5.41, 5.74) is 2.34. The maximum atomic E-state index is 12.1. The Morgan fingerprint density at radius 2 is 2.17 bits per heavy atom. The lowest BCUT2D eigenvalue weighted by Crippen LogP contribution is -2.33. The molecule has 0 saturated heterocycles. The van der Waals surface area contributed by atoms with E-state index in [2.05, 4.69) is 10.4 Å². The largest absolute Gasteiger partial charge is 0.491 e. The fourth-order valence-corrected chi connectivity index (χ4v) is 2.99. The number of carbonyl (C=O) groups excluding carboxylic acids is 1.